The molecule has 0 fully saturated rings. The predicted octanol–water partition coefficient (Wildman–Crippen LogP) is 13.5. The maximum Gasteiger partial charge on any atom is 0.160 e. The van der Waals surface area contributed by atoms with E-state index in [2.05, 4.69) is 184 Å². The van der Waals surface area contributed by atoms with Crippen LogP contribution in [-0.4, -0.2) is 9.97 Å². The van der Waals surface area contributed by atoms with Crippen LogP contribution < -0.4 is 0 Å². The van der Waals surface area contributed by atoms with Gasteiger partial charge in [0.1, 0.15) is 0 Å². The molecule has 9 aromatic rings. The number of fused-ring (bicyclic) bond motifs is 6. The Labute approximate surface area is 307 Å². The van der Waals surface area contributed by atoms with E-state index in [1.807, 2.05) is 11.3 Å². The summed E-state index contributed by atoms with van der Waals surface area (Å²) >= 11 is 1.88. The Hall–Kier alpha value is -6.16. The van der Waals surface area contributed by atoms with Crippen molar-refractivity contribution in [3.8, 4) is 67.3 Å². The first kappa shape index (κ1) is 30.6. The molecule has 0 aliphatic heterocycles. The van der Waals surface area contributed by atoms with E-state index in [4.69, 9.17) is 9.97 Å². The van der Waals surface area contributed by atoms with Crippen molar-refractivity contribution in [2.45, 2.75) is 19.3 Å². The summed E-state index contributed by atoms with van der Waals surface area (Å²) in [6.45, 7) is 4.62. The molecule has 2 aromatic heterocycles. The smallest absolute Gasteiger partial charge is 0.160 e. The van der Waals surface area contributed by atoms with Gasteiger partial charge in [-0.15, -0.1) is 11.3 Å². The molecule has 0 N–H and O–H groups in total. The lowest BCUT2D eigenvalue weighted by atomic mass is 9.80. The van der Waals surface area contributed by atoms with E-state index in [0.29, 0.717) is 0 Å². The van der Waals surface area contributed by atoms with E-state index in [1.165, 1.54) is 59.1 Å². The van der Waals surface area contributed by atoms with Crippen molar-refractivity contribution in [1.29, 1.82) is 0 Å². The van der Waals surface area contributed by atoms with Crippen LogP contribution in [-0.2, 0) is 5.41 Å². The molecule has 52 heavy (non-hydrogen) atoms. The predicted molar refractivity (Wildman–Crippen MR) is 220 cm³/mol. The van der Waals surface area contributed by atoms with Crippen molar-refractivity contribution in [3.05, 3.63) is 181 Å². The summed E-state index contributed by atoms with van der Waals surface area (Å²) in [5.41, 5.74) is 14.7. The van der Waals surface area contributed by atoms with E-state index >= 15 is 0 Å². The highest BCUT2D eigenvalue weighted by molar-refractivity contribution is 7.26. The molecule has 0 unspecified atom stereocenters. The molecule has 0 saturated heterocycles. The monoisotopic (exact) mass is 682 g/mol. The first-order valence-corrected chi connectivity index (χ1v) is 18.6. The highest BCUT2D eigenvalue weighted by atomic mass is 32.1. The lowest BCUT2D eigenvalue weighted by Crippen LogP contribution is -2.17. The average molecular weight is 683 g/mol. The molecule has 0 bridgehead atoms. The van der Waals surface area contributed by atoms with Crippen LogP contribution in [0.25, 0.3) is 87.5 Å². The molecule has 7 aromatic carbocycles. The minimum absolute atomic E-state index is 0.259. The molecule has 0 saturated carbocycles. The zero-order valence-corrected chi connectivity index (χ0v) is 29.8. The first-order chi connectivity index (χ1) is 25.5. The number of hydrogen-bond acceptors (Lipinski definition) is 3. The summed E-state index contributed by atoms with van der Waals surface area (Å²) in [4.78, 5) is 10.8. The van der Waals surface area contributed by atoms with E-state index in [-0.39, 0.29) is 5.41 Å². The summed E-state index contributed by atoms with van der Waals surface area (Å²) in [5, 5.41) is 2.64. The summed E-state index contributed by atoms with van der Waals surface area (Å²) in [5.74, 6) is 0.739. The van der Waals surface area contributed by atoms with E-state index in [9.17, 15) is 0 Å². The number of nitrogens with zero attached hydrogens (tertiary/aromatic N) is 2. The van der Waals surface area contributed by atoms with Gasteiger partial charge in [0.05, 0.1) is 11.4 Å². The van der Waals surface area contributed by atoms with Crippen molar-refractivity contribution in [2.75, 3.05) is 0 Å². The van der Waals surface area contributed by atoms with Gasteiger partial charge in [-0.2, -0.15) is 0 Å². The van der Waals surface area contributed by atoms with Gasteiger partial charge < -0.3 is 0 Å². The average Bonchev–Trinajstić information content (AvgIpc) is 3.70. The number of benzene rings is 7. The summed E-state index contributed by atoms with van der Waals surface area (Å²) in [7, 11) is 0. The Morgan fingerprint density at radius 2 is 0.962 bits per heavy atom. The number of aromatic nitrogens is 2. The Bertz CT molecular complexity index is 2830. The standard InChI is InChI=1S/C49H34N2S/c1-49(2)42-26-8-6-23-41(42)46-44(49)45(50-48(51-46)37-21-12-16-32(30-37)31-14-4-3-5-15-31)36-20-11-18-34(29-36)33-17-10-19-35(28-33)38-24-13-25-40-39-22-7-9-27-43(39)52-47(38)40/h3-30H,1-2H3. The third kappa shape index (κ3) is 4.92. The molecule has 246 valence electrons. The molecule has 0 amide bonds. The molecule has 2 heterocycles. The fourth-order valence-corrected chi connectivity index (χ4v) is 9.35. The van der Waals surface area contributed by atoms with E-state index in [1.54, 1.807) is 0 Å². The summed E-state index contributed by atoms with van der Waals surface area (Å²) in [6, 6.07) is 61.1. The minimum Gasteiger partial charge on any atom is -0.228 e. The quantitative estimate of drug-likeness (QED) is 0.181. The molecular formula is C49H34N2S. The zero-order valence-electron chi connectivity index (χ0n) is 29.0. The Balaban J connectivity index is 1.12. The van der Waals surface area contributed by atoms with Crippen molar-refractivity contribution >= 4 is 31.5 Å². The maximum atomic E-state index is 5.44. The number of hydrogen-bond donors (Lipinski definition) is 0. The van der Waals surface area contributed by atoms with Gasteiger partial charge in [-0.05, 0) is 63.2 Å². The summed E-state index contributed by atoms with van der Waals surface area (Å²) in [6.07, 6.45) is 0. The van der Waals surface area contributed by atoms with Gasteiger partial charge in [-0.1, -0.05) is 159 Å². The second-order valence-electron chi connectivity index (χ2n) is 14.2. The minimum atomic E-state index is -0.259. The highest BCUT2D eigenvalue weighted by Gasteiger charge is 2.40. The molecule has 0 radical (unpaired) electrons. The fourth-order valence-electron chi connectivity index (χ4n) is 8.11. The Morgan fingerprint density at radius 3 is 1.79 bits per heavy atom. The van der Waals surface area contributed by atoms with Crippen LogP contribution in [0, 0.1) is 0 Å². The largest absolute Gasteiger partial charge is 0.228 e. The van der Waals surface area contributed by atoms with Crippen LogP contribution in [0.5, 0.6) is 0 Å². The topological polar surface area (TPSA) is 25.8 Å². The Kier molecular flexibility index (Phi) is 7.06. The SMILES string of the molecule is CC1(C)c2ccccc2-c2nc(-c3cccc(-c4ccccc4)c3)nc(-c3cccc(-c4cccc(-c5cccc6c5sc5ccccc56)c4)c3)c21. The van der Waals surface area contributed by atoms with Crippen molar-refractivity contribution < 1.29 is 0 Å². The van der Waals surface area contributed by atoms with Gasteiger partial charge in [-0.25, -0.2) is 9.97 Å². The summed E-state index contributed by atoms with van der Waals surface area (Å²) < 4.78 is 2.65. The number of thiophene rings is 1. The molecular weight excluding hydrogens is 649 g/mol. The molecule has 0 spiro atoms. The molecule has 1 aliphatic carbocycles. The lowest BCUT2D eigenvalue weighted by Gasteiger charge is -2.24. The van der Waals surface area contributed by atoms with Crippen LogP contribution in [0.4, 0.5) is 0 Å². The fraction of sp³-hybridized carbons (Fsp3) is 0.0612. The molecule has 10 rings (SSSR count). The maximum absolute atomic E-state index is 5.44. The van der Waals surface area contributed by atoms with Crippen LogP contribution >= 0.6 is 11.3 Å². The van der Waals surface area contributed by atoms with Crippen LogP contribution in [0.1, 0.15) is 25.0 Å². The van der Waals surface area contributed by atoms with Crippen molar-refractivity contribution in [1.82, 2.24) is 9.97 Å². The third-order valence-electron chi connectivity index (χ3n) is 10.7. The van der Waals surface area contributed by atoms with E-state index in [0.717, 1.165) is 39.5 Å². The van der Waals surface area contributed by atoms with Gasteiger partial charge in [0.2, 0.25) is 0 Å². The molecule has 3 heteroatoms. The molecule has 2 nitrogen and oxygen atoms in total. The zero-order chi connectivity index (χ0) is 34.8. The van der Waals surface area contributed by atoms with Gasteiger partial charge in [0, 0.05) is 47.8 Å². The Morgan fingerprint density at radius 1 is 0.423 bits per heavy atom. The van der Waals surface area contributed by atoms with E-state index < -0.39 is 0 Å². The van der Waals surface area contributed by atoms with Gasteiger partial charge in [0.15, 0.2) is 5.82 Å². The second kappa shape index (κ2) is 12.0. The van der Waals surface area contributed by atoms with Crippen molar-refractivity contribution in [2.24, 2.45) is 0 Å². The highest BCUT2D eigenvalue weighted by Crippen LogP contribution is 2.51. The normalized spacial score (nSPS) is 13.0. The van der Waals surface area contributed by atoms with Crippen LogP contribution in [0.15, 0.2) is 170 Å². The van der Waals surface area contributed by atoms with Gasteiger partial charge in [0.25, 0.3) is 0 Å². The van der Waals surface area contributed by atoms with Gasteiger partial charge >= 0.3 is 0 Å². The third-order valence-corrected chi connectivity index (χ3v) is 11.9. The van der Waals surface area contributed by atoms with Crippen LogP contribution in [0.2, 0.25) is 0 Å². The molecule has 1 aliphatic rings. The first-order valence-electron chi connectivity index (χ1n) is 17.8. The van der Waals surface area contributed by atoms with Crippen molar-refractivity contribution in [3.63, 3.8) is 0 Å². The second-order valence-corrected chi connectivity index (χ2v) is 15.2. The van der Waals surface area contributed by atoms with Gasteiger partial charge in [-0.3, -0.25) is 0 Å². The number of rotatable bonds is 5. The molecule has 0 atom stereocenters. The van der Waals surface area contributed by atoms with Crippen LogP contribution in [0.3, 0.4) is 0 Å². The lowest BCUT2D eigenvalue weighted by molar-refractivity contribution is 0.658.